The molecular formula is C11H22N2O3. The van der Waals surface area contributed by atoms with E-state index in [0.29, 0.717) is 6.42 Å². The quantitative estimate of drug-likeness (QED) is 0.575. The van der Waals surface area contributed by atoms with Crippen molar-refractivity contribution >= 4 is 11.9 Å². The second kappa shape index (κ2) is 8.10. The van der Waals surface area contributed by atoms with Gasteiger partial charge in [-0.1, -0.05) is 6.42 Å². The summed E-state index contributed by atoms with van der Waals surface area (Å²) >= 11 is 0. The molecule has 0 atom stereocenters. The van der Waals surface area contributed by atoms with E-state index in [0.717, 1.165) is 19.4 Å². The fourth-order valence-electron chi connectivity index (χ4n) is 1.49. The van der Waals surface area contributed by atoms with Gasteiger partial charge in [-0.2, -0.15) is 0 Å². The van der Waals surface area contributed by atoms with Crippen molar-refractivity contribution in [3.8, 4) is 0 Å². The summed E-state index contributed by atoms with van der Waals surface area (Å²) in [7, 11) is 0. The molecule has 16 heavy (non-hydrogen) atoms. The minimum Gasteiger partial charge on any atom is -0.481 e. The summed E-state index contributed by atoms with van der Waals surface area (Å²) in [6.07, 6.45) is 2.68. The first-order chi connectivity index (χ1) is 7.43. The zero-order valence-electron chi connectivity index (χ0n) is 10.1. The number of carboxylic acids is 1. The molecule has 0 heterocycles. The minimum absolute atomic E-state index is 0.220. The summed E-state index contributed by atoms with van der Waals surface area (Å²) in [5, 5.41) is 8.46. The van der Waals surface area contributed by atoms with Crippen LogP contribution in [0.1, 0.15) is 39.5 Å². The lowest BCUT2D eigenvalue weighted by atomic mass is 10.1. The maximum Gasteiger partial charge on any atom is 0.303 e. The van der Waals surface area contributed by atoms with Gasteiger partial charge in [0, 0.05) is 12.5 Å². The summed E-state index contributed by atoms with van der Waals surface area (Å²) in [5.41, 5.74) is 5.14. The second-order valence-electron chi connectivity index (χ2n) is 4.23. The van der Waals surface area contributed by atoms with Gasteiger partial charge in [0.05, 0.1) is 6.54 Å². The van der Waals surface area contributed by atoms with Crippen LogP contribution >= 0.6 is 0 Å². The molecule has 0 saturated carbocycles. The number of nitrogens with two attached hydrogens (primary N) is 1. The third-order valence-corrected chi connectivity index (χ3v) is 2.43. The molecule has 0 aliphatic rings. The number of hydrogen-bond acceptors (Lipinski definition) is 3. The van der Waals surface area contributed by atoms with Crippen LogP contribution in [0.5, 0.6) is 0 Å². The van der Waals surface area contributed by atoms with Gasteiger partial charge in [0.25, 0.3) is 0 Å². The molecule has 0 fully saturated rings. The van der Waals surface area contributed by atoms with Gasteiger partial charge in [0.1, 0.15) is 0 Å². The van der Waals surface area contributed by atoms with Gasteiger partial charge >= 0.3 is 5.97 Å². The van der Waals surface area contributed by atoms with E-state index in [1.807, 2.05) is 18.7 Å². The Bertz CT molecular complexity index is 229. The molecule has 5 nitrogen and oxygen atoms in total. The number of nitrogens with zero attached hydrogens (tertiary/aromatic N) is 1. The molecule has 0 unspecified atom stereocenters. The van der Waals surface area contributed by atoms with E-state index in [9.17, 15) is 9.59 Å². The van der Waals surface area contributed by atoms with Gasteiger partial charge in [0.2, 0.25) is 5.91 Å². The van der Waals surface area contributed by atoms with E-state index in [-0.39, 0.29) is 24.9 Å². The van der Waals surface area contributed by atoms with E-state index in [1.54, 1.807) is 0 Å². The Balaban J connectivity index is 3.68. The number of primary amides is 1. The van der Waals surface area contributed by atoms with Crippen molar-refractivity contribution < 1.29 is 14.7 Å². The molecule has 94 valence electrons. The van der Waals surface area contributed by atoms with Crippen molar-refractivity contribution in [3.05, 3.63) is 0 Å². The van der Waals surface area contributed by atoms with E-state index in [2.05, 4.69) is 0 Å². The number of unbranched alkanes of at least 4 members (excludes halogenated alkanes) is 2. The summed E-state index contributed by atoms with van der Waals surface area (Å²) in [4.78, 5) is 23.1. The van der Waals surface area contributed by atoms with Crippen molar-refractivity contribution in [2.75, 3.05) is 13.1 Å². The predicted molar refractivity (Wildman–Crippen MR) is 62.0 cm³/mol. The van der Waals surface area contributed by atoms with Crippen molar-refractivity contribution in [2.45, 2.75) is 45.6 Å². The highest BCUT2D eigenvalue weighted by atomic mass is 16.4. The van der Waals surface area contributed by atoms with Crippen LogP contribution in [-0.4, -0.2) is 41.0 Å². The predicted octanol–water partition coefficient (Wildman–Crippen LogP) is 0.827. The smallest absolute Gasteiger partial charge is 0.303 e. The summed E-state index contributed by atoms with van der Waals surface area (Å²) in [6, 6.07) is 0.284. The molecule has 5 heteroatoms. The number of carbonyl (C=O) groups excluding carboxylic acids is 1. The number of amides is 1. The Morgan fingerprint density at radius 1 is 1.25 bits per heavy atom. The first kappa shape index (κ1) is 14.9. The van der Waals surface area contributed by atoms with Crippen molar-refractivity contribution in [2.24, 2.45) is 5.73 Å². The van der Waals surface area contributed by atoms with Gasteiger partial charge in [-0.15, -0.1) is 0 Å². The number of rotatable bonds is 9. The fourth-order valence-corrected chi connectivity index (χ4v) is 1.49. The molecule has 0 bridgehead atoms. The third kappa shape index (κ3) is 8.23. The topological polar surface area (TPSA) is 83.6 Å². The highest BCUT2D eigenvalue weighted by Crippen LogP contribution is 2.04. The average Bonchev–Trinajstić information content (AvgIpc) is 2.14. The Morgan fingerprint density at radius 3 is 2.31 bits per heavy atom. The third-order valence-electron chi connectivity index (χ3n) is 2.43. The molecule has 0 aromatic heterocycles. The molecule has 0 aliphatic carbocycles. The average molecular weight is 230 g/mol. The van der Waals surface area contributed by atoms with Crippen LogP contribution in [0.25, 0.3) is 0 Å². The first-order valence-corrected chi connectivity index (χ1v) is 5.67. The highest BCUT2D eigenvalue weighted by Gasteiger charge is 2.11. The van der Waals surface area contributed by atoms with Crippen LogP contribution in [0.2, 0.25) is 0 Å². The Morgan fingerprint density at radius 2 is 1.88 bits per heavy atom. The van der Waals surface area contributed by atoms with E-state index >= 15 is 0 Å². The van der Waals surface area contributed by atoms with E-state index in [1.165, 1.54) is 0 Å². The van der Waals surface area contributed by atoms with Gasteiger partial charge in [-0.3, -0.25) is 14.5 Å². The van der Waals surface area contributed by atoms with Gasteiger partial charge in [-0.25, -0.2) is 0 Å². The maximum atomic E-state index is 10.8. The number of aliphatic carboxylic acids is 1. The first-order valence-electron chi connectivity index (χ1n) is 5.67. The molecule has 0 aromatic carbocycles. The van der Waals surface area contributed by atoms with Crippen LogP contribution < -0.4 is 5.73 Å². The largest absolute Gasteiger partial charge is 0.481 e. The number of hydrogen-bond donors (Lipinski definition) is 2. The van der Waals surface area contributed by atoms with Crippen LogP contribution in [0.3, 0.4) is 0 Å². The summed E-state index contributed by atoms with van der Waals surface area (Å²) < 4.78 is 0. The van der Waals surface area contributed by atoms with Crippen LogP contribution in [-0.2, 0) is 9.59 Å². The Labute approximate surface area is 96.6 Å². The zero-order chi connectivity index (χ0) is 12.6. The fraction of sp³-hybridized carbons (Fsp3) is 0.818. The SMILES string of the molecule is CC(C)N(CCCCCC(=O)O)CC(N)=O. The molecular weight excluding hydrogens is 208 g/mol. The van der Waals surface area contributed by atoms with Crippen LogP contribution in [0, 0.1) is 0 Å². The van der Waals surface area contributed by atoms with Gasteiger partial charge < -0.3 is 10.8 Å². The summed E-state index contributed by atoms with van der Waals surface area (Å²) in [5.74, 6) is -1.07. The van der Waals surface area contributed by atoms with Crippen molar-refractivity contribution in [1.82, 2.24) is 4.90 Å². The number of carboxylic acid groups (broad SMARTS) is 1. The van der Waals surface area contributed by atoms with Crippen LogP contribution in [0.15, 0.2) is 0 Å². The standard InChI is InChI=1S/C11H22N2O3/c1-9(2)13(8-10(12)14)7-5-3-4-6-11(15)16/h9H,3-8H2,1-2H3,(H2,12,14)(H,15,16). The normalized spacial score (nSPS) is 11.0. The Hall–Kier alpha value is -1.10. The van der Waals surface area contributed by atoms with Crippen LogP contribution in [0.4, 0.5) is 0 Å². The molecule has 0 rings (SSSR count). The zero-order valence-corrected chi connectivity index (χ0v) is 10.1. The lowest BCUT2D eigenvalue weighted by Gasteiger charge is -2.24. The number of carbonyl (C=O) groups is 2. The second-order valence-corrected chi connectivity index (χ2v) is 4.23. The molecule has 1 amide bonds. The van der Waals surface area contributed by atoms with E-state index in [4.69, 9.17) is 10.8 Å². The maximum absolute atomic E-state index is 10.8. The van der Waals surface area contributed by atoms with Crippen molar-refractivity contribution in [1.29, 1.82) is 0 Å². The van der Waals surface area contributed by atoms with Gasteiger partial charge in [0.15, 0.2) is 0 Å². The highest BCUT2D eigenvalue weighted by molar-refractivity contribution is 5.75. The molecule has 3 N–H and O–H groups in total. The van der Waals surface area contributed by atoms with Crippen molar-refractivity contribution in [3.63, 3.8) is 0 Å². The molecule has 0 aliphatic heterocycles. The molecule has 0 aromatic rings. The molecule has 0 radical (unpaired) electrons. The lowest BCUT2D eigenvalue weighted by Crippen LogP contribution is -2.39. The van der Waals surface area contributed by atoms with E-state index < -0.39 is 5.97 Å². The minimum atomic E-state index is -0.752. The Kier molecular flexibility index (Phi) is 7.54. The summed E-state index contributed by atoms with van der Waals surface area (Å²) in [6.45, 7) is 5.09. The molecule has 0 saturated heterocycles. The lowest BCUT2D eigenvalue weighted by molar-refractivity contribution is -0.137. The molecule has 0 spiro atoms. The monoisotopic (exact) mass is 230 g/mol. The van der Waals surface area contributed by atoms with Gasteiger partial charge in [-0.05, 0) is 33.2 Å².